The zero-order chi connectivity index (χ0) is 13.6. The Morgan fingerprint density at radius 3 is 2.21 bits per heavy atom. The second kappa shape index (κ2) is 3.50. The van der Waals surface area contributed by atoms with Gasteiger partial charge < -0.3 is 0 Å². The van der Waals surface area contributed by atoms with Crippen LogP contribution in [0.5, 0.6) is 0 Å². The Morgan fingerprint density at radius 2 is 1.58 bits per heavy atom. The van der Waals surface area contributed by atoms with E-state index in [-0.39, 0.29) is 18.3 Å². The molecule has 1 N–H and O–H groups in total. The Bertz CT molecular complexity index is 518. The summed E-state index contributed by atoms with van der Waals surface area (Å²) in [6.07, 6.45) is 4.54. The maximum atomic E-state index is 14.0. The second-order valence-electron chi connectivity index (χ2n) is 7.03. The highest BCUT2D eigenvalue weighted by atomic mass is 32.2. The molecule has 7 atom stereocenters. The fourth-order valence-electron chi connectivity index (χ4n) is 6.14. The molecule has 0 heterocycles. The van der Waals surface area contributed by atoms with Crippen molar-refractivity contribution in [3.05, 3.63) is 0 Å². The van der Waals surface area contributed by atoms with Crippen LogP contribution in [0.3, 0.4) is 0 Å². The third-order valence-corrected chi connectivity index (χ3v) is 7.50. The monoisotopic (exact) mass is 292 g/mol. The summed E-state index contributed by atoms with van der Waals surface area (Å²) in [6, 6.07) is 0. The van der Waals surface area contributed by atoms with E-state index in [2.05, 4.69) is 0 Å². The first-order valence-corrected chi connectivity index (χ1v) is 8.59. The minimum atomic E-state index is -5.28. The number of halogens is 2. The first-order valence-electron chi connectivity index (χ1n) is 7.15. The first kappa shape index (κ1) is 12.5. The van der Waals surface area contributed by atoms with Gasteiger partial charge in [0.1, 0.15) is 0 Å². The van der Waals surface area contributed by atoms with Crippen LogP contribution in [0.2, 0.25) is 0 Å². The predicted octanol–water partition coefficient (Wildman–Crippen LogP) is 2.79. The van der Waals surface area contributed by atoms with Crippen molar-refractivity contribution < 1.29 is 21.8 Å². The van der Waals surface area contributed by atoms with Gasteiger partial charge in [-0.05, 0) is 67.6 Å². The molecule has 0 spiro atoms. The van der Waals surface area contributed by atoms with Crippen LogP contribution in [0, 0.1) is 41.4 Å². The maximum absolute atomic E-state index is 14.0. The summed E-state index contributed by atoms with van der Waals surface area (Å²) in [4.78, 5) is 0. The van der Waals surface area contributed by atoms with Crippen molar-refractivity contribution in [1.29, 1.82) is 0 Å². The zero-order valence-electron chi connectivity index (χ0n) is 10.5. The Balaban J connectivity index is 1.67. The van der Waals surface area contributed by atoms with Gasteiger partial charge in [0.05, 0.1) is 0 Å². The van der Waals surface area contributed by atoms with Gasteiger partial charge in [0.15, 0.2) is 0 Å². The predicted molar refractivity (Wildman–Crippen MR) is 64.0 cm³/mol. The van der Waals surface area contributed by atoms with Gasteiger partial charge in [-0.3, -0.25) is 4.55 Å². The van der Waals surface area contributed by atoms with Crippen LogP contribution < -0.4 is 0 Å². The summed E-state index contributed by atoms with van der Waals surface area (Å²) in [5.74, 6) is 1.01. The molecule has 0 aliphatic heterocycles. The van der Waals surface area contributed by atoms with Crippen LogP contribution >= 0.6 is 0 Å². The van der Waals surface area contributed by atoms with Crippen molar-refractivity contribution in [1.82, 2.24) is 0 Å². The molecule has 0 aromatic rings. The Morgan fingerprint density at radius 1 is 0.947 bits per heavy atom. The fourth-order valence-corrected chi connectivity index (χ4v) is 6.80. The van der Waals surface area contributed by atoms with Crippen LogP contribution in [0.4, 0.5) is 8.78 Å². The molecule has 4 aliphatic carbocycles. The summed E-state index contributed by atoms with van der Waals surface area (Å²) in [6.45, 7) is 0. The molecule has 3 nitrogen and oxygen atoms in total. The van der Waals surface area contributed by atoms with E-state index in [9.17, 15) is 17.2 Å². The third kappa shape index (κ3) is 1.42. The number of alkyl halides is 2. The normalized spacial score (nSPS) is 51.8. The first-order chi connectivity index (χ1) is 8.80. The van der Waals surface area contributed by atoms with Crippen molar-refractivity contribution in [3.63, 3.8) is 0 Å². The highest BCUT2D eigenvalue weighted by Crippen LogP contribution is 2.70. The van der Waals surface area contributed by atoms with E-state index in [1.54, 1.807) is 0 Å². The van der Waals surface area contributed by atoms with E-state index in [0.717, 1.165) is 19.3 Å². The fraction of sp³-hybridized carbons (Fsp3) is 1.00. The topological polar surface area (TPSA) is 54.4 Å². The molecule has 0 aromatic heterocycles. The van der Waals surface area contributed by atoms with E-state index >= 15 is 0 Å². The smallest absolute Gasteiger partial charge is 0.281 e. The third-order valence-electron chi connectivity index (χ3n) is 6.51. The molecule has 4 aliphatic rings. The minimum Gasteiger partial charge on any atom is -0.281 e. The maximum Gasteiger partial charge on any atom is 0.372 e. The Kier molecular flexibility index (Phi) is 2.31. The van der Waals surface area contributed by atoms with Crippen molar-refractivity contribution in [2.75, 3.05) is 0 Å². The summed E-state index contributed by atoms with van der Waals surface area (Å²) in [5, 5.41) is -3.96. The molecule has 0 amide bonds. The van der Waals surface area contributed by atoms with Crippen LogP contribution in [0.25, 0.3) is 0 Å². The van der Waals surface area contributed by atoms with Crippen LogP contribution in [-0.4, -0.2) is 18.2 Å². The number of hydrogen-bond donors (Lipinski definition) is 1. The molecule has 4 fully saturated rings. The highest BCUT2D eigenvalue weighted by Gasteiger charge is 2.68. The molecule has 6 heteroatoms. The van der Waals surface area contributed by atoms with Gasteiger partial charge in [-0.1, -0.05) is 0 Å². The number of hydrogen-bond acceptors (Lipinski definition) is 2. The lowest BCUT2D eigenvalue weighted by atomic mass is 9.67. The molecule has 19 heavy (non-hydrogen) atoms. The van der Waals surface area contributed by atoms with E-state index in [0.29, 0.717) is 23.7 Å². The quantitative estimate of drug-likeness (QED) is 0.629. The summed E-state index contributed by atoms with van der Waals surface area (Å²) in [5.41, 5.74) is 0. The van der Waals surface area contributed by atoms with Gasteiger partial charge >= 0.3 is 15.4 Å². The summed E-state index contributed by atoms with van der Waals surface area (Å²) in [7, 11) is -5.28. The number of fused-ring (bicyclic) bond motifs is 9. The molecule has 0 radical (unpaired) electrons. The van der Waals surface area contributed by atoms with E-state index in [4.69, 9.17) is 4.55 Å². The molecule has 4 saturated carbocycles. The lowest BCUT2D eigenvalue weighted by Crippen LogP contribution is -2.44. The van der Waals surface area contributed by atoms with Gasteiger partial charge in [0.2, 0.25) is 0 Å². The Hall–Kier alpha value is -0.230. The van der Waals surface area contributed by atoms with Crippen LogP contribution in [0.15, 0.2) is 0 Å². The van der Waals surface area contributed by atoms with Crippen molar-refractivity contribution in [2.24, 2.45) is 41.4 Å². The largest absolute Gasteiger partial charge is 0.372 e. The van der Waals surface area contributed by atoms with Crippen molar-refractivity contribution in [2.45, 2.75) is 37.4 Å². The summed E-state index contributed by atoms with van der Waals surface area (Å²) >= 11 is 0. The van der Waals surface area contributed by atoms with Gasteiger partial charge in [-0.25, -0.2) is 0 Å². The van der Waals surface area contributed by atoms with E-state index in [1.165, 1.54) is 6.42 Å². The second-order valence-corrected chi connectivity index (χ2v) is 8.52. The molecule has 0 aromatic carbocycles. The lowest BCUT2D eigenvalue weighted by molar-refractivity contribution is -0.0391. The van der Waals surface area contributed by atoms with Crippen molar-refractivity contribution in [3.8, 4) is 0 Å². The SMILES string of the molecule is O=S(=O)(O)C(F)(F)C1CC2CC1C1C3CCC(C3)C21. The average Bonchev–Trinajstić information content (AvgIpc) is 3.05. The minimum absolute atomic E-state index is 0.192. The van der Waals surface area contributed by atoms with E-state index < -0.39 is 21.3 Å². The number of rotatable bonds is 2. The molecule has 0 saturated heterocycles. The lowest BCUT2D eigenvalue weighted by Gasteiger charge is -2.40. The molecule has 108 valence electrons. The molecular weight excluding hydrogens is 274 g/mol. The molecule has 4 bridgehead atoms. The molecule has 7 unspecified atom stereocenters. The molecular formula is C13H18F2O3S. The Labute approximate surface area is 111 Å². The van der Waals surface area contributed by atoms with Crippen LogP contribution in [-0.2, 0) is 10.1 Å². The van der Waals surface area contributed by atoms with Gasteiger partial charge in [0, 0.05) is 5.92 Å². The van der Waals surface area contributed by atoms with Crippen LogP contribution in [0.1, 0.15) is 32.1 Å². The van der Waals surface area contributed by atoms with E-state index in [1.807, 2.05) is 0 Å². The van der Waals surface area contributed by atoms with Gasteiger partial charge in [0.25, 0.3) is 0 Å². The zero-order valence-corrected chi connectivity index (χ0v) is 11.3. The highest BCUT2D eigenvalue weighted by molar-refractivity contribution is 7.86. The van der Waals surface area contributed by atoms with Crippen molar-refractivity contribution >= 4 is 10.1 Å². The summed E-state index contributed by atoms with van der Waals surface area (Å²) < 4.78 is 58.7. The standard InChI is InChI=1S/C13H18F2O3S/c14-13(15,19(16,17)18)10-5-8-4-9(10)12-7-2-1-6(3-7)11(8)12/h6-12H,1-5H2,(H,16,17,18). The molecule has 4 rings (SSSR count). The van der Waals surface area contributed by atoms with Gasteiger partial charge in [-0.2, -0.15) is 17.2 Å². The average molecular weight is 292 g/mol. The van der Waals surface area contributed by atoms with Gasteiger partial charge in [-0.15, -0.1) is 0 Å².